The number of carbonyl (C=O) groups excluding carboxylic acids is 1. The second-order valence-electron chi connectivity index (χ2n) is 7.17. The summed E-state index contributed by atoms with van der Waals surface area (Å²) in [6.45, 7) is 6.75. The van der Waals surface area contributed by atoms with E-state index in [0.717, 1.165) is 11.1 Å². The Balaban J connectivity index is 1.92. The zero-order valence-corrected chi connectivity index (χ0v) is 16.6. The van der Waals surface area contributed by atoms with Crippen LogP contribution in [0, 0.1) is 13.8 Å². The van der Waals surface area contributed by atoms with Crippen molar-refractivity contribution < 1.29 is 14.6 Å². The van der Waals surface area contributed by atoms with E-state index in [9.17, 15) is 14.7 Å². The molecular weight excluding hydrogens is 360 g/mol. The average Bonchev–Trinajstić information content (AvgIpc) is 2.83. The van der Waals surface area contributed by atoms with E-state index in [1.807, 2.05) is 39.0 Å². The van der Waals surface area contributed by atoms with Crippen LogP contribution in [0.5, 0.6) is 5.75 Å². The summed E-state index contributed by atoms with van der Waals surface area (Å²) in [7, 11) is 1.73. The van der Waals surface area contributed by atoms with Gasteiger partial charge < -0.3 is 20.5 Å². The number of aromatic nitrogens is 2. The van der Waals surface area contributed by atoms with Crippen molar-refractivity contribution >= 4 is 5.91 Å². The summed E-state index contributed by atoms with van der Waals surface area (Å²) in [4.78, 5) is 29.7. The maximum absolute atomic E-state index is 12.7. The van der Waals surface area contributed by atoms with Crippen molar-refractivity contribution in [1.29, 1.82) is 0 Å². The number of benzene rings is 1. The molecule has 0 spiro atoms. The number of carbonyl (C=O) groups is 1. The van der Waals surface area contributed by atoms with Crippen molar-refractivity contribution in [3.8, 4) is 5.75 Å². The van der Waals surface area contributed by atoms with Crippen molar-refractivity contribution in [3.63, 3.8) is 0 Å². The number of nitrogens with one attached hydrogen (secondary N) is 2. The Morgan fingerprint density at radius 1 is 1.32 bits per heavy atom. The van der Waals surface area contributed by atoms with Crippen molar-refractivity contribution in [3.05, 3.63) is 56.8 Å². The van der Waals surface area contributed by atoms with E-state index in [1.54, 1.807) is 7.05 Å². The largest absolute Gasteiger partial charge is 0.501 e. The van der Waals surface area contributed by atoms with Gasteiger partial charge in [0.1, 0.15) is 5.82 Å². The van der Waals surface area contributed by atoms with Crippen LogP contribution in [0.4, 0.5) is 0 Å². The van der Waals surface area contributed by atoms with Crippen LogP contribution in [0.2, 0.25) is 0 Å². The maximum atomic E-state index is 12.7. The third-order valence-corrected chi connectivity index (χ3v) is 5.10. The molecule has 1 aliphatic rings. The molecule has 2 heterocycles. The van der Waals surface area contributed by atoms with Crippen LogP contribution < -0.4 is 16.2 Å². The lowest BCUT2D eigenvalue weighted by molar-refractivity contribution is 0.0941. The third-order valence-electron chi connectivity index (χ3n) is 5.10. The molecule has 0 saturated heterocycles. The summed E-state index contributed by atoms with van der Waals surface area (Å²) in [5.41, 5.74) is 2.32. The zero-order chi connectivity index (χ0) is 20.4. The number of fused-ring (bicyclic) bond motifs is 1. The standard InChI is InChI=1S/C20H26N4O4/c1-11-5-6-14(7-12(11)2)8-22-19(26)16-17(25)20(27)24-13(3)9-28-10-15(21-4)18(24)23-16/h5-7,13,15,21,25H,8-10H2,1-4H3,(H,22,26)/t13-,15+/m0/s1. The molecule has 150 valence electrons. The van der Waals surface area contributed by atoms with E-state index in [4.69, 9.17) is 4.74 Å². The molecule has 28 heavy (non-hydrogen) atoms. The molecule has 8 nitrogen and oxygen atoms in total. The molecule has 8 heteroatoms. The average molecular weight is 386 g/mol. The van der Waals surface area contributed by atoms with Gasteiger partial charge in [-0.3, -0.25) is 14.2 Å². The molecule has 0 radical (unpaired) electrons. The van der Waals surface area contributed by atoms with Crippen LogP contribution in [0.1, 0.15) is 52.0 Å². The van der Waals surface area contributed by atoms with Crippen LogP contribution in [0.25, 0.3) is 0 Å². The molecule has 0 aliphatic carbocycles. The molecule has 1 aromatic carbocycles. The van der Waals surface area contributed by atoms with E-state index in [2.05, 4.69) is 15.6 Å². The molecule has 0 saturated carbocycles. The number of aryl methyl sites for hydroxylation is 2. The first-order valence-electron chi connectivity index (χ1n) is 9.28. The Morgan fingerprint density at radius 2 is 2.07 bits per heavy atom. The highest BCUT2D eigenvalue weighted by Crippen LogP contribution is 2.22. The van der Waals surface area contributed by atoms with E-state index in [0.29, 0.717) is 19.0 Å². The first-order chi connectivity index (χ1) is 13.3. The van der Waals surface area contributed by atoms with Crippen LogP contribution in [-0.2, 0) is 11.3 Å². The molecule has 0 bridgehead atoms. The van der Waals surface area contributed by atoms with E-state index >= 15 is 0 Å². The number of nitrogens with zero attached hydrogens (tertiary/aromatic N) is 2. The van der Waals surface area contributed by atoms with Gasteiger partial charge in [0.05, 0.1) is 25.3 Å². The van der Waals surface area contributed by atoms with Gasteiger partial charge in [-0.2, -0.15) is 0 Å². The lowest BCUT2D eigenvalue weighted by atomic mass is 10.1. The maximum Gasteiger partial charge on any atom is 0.296 e. The van der Waals surface area contributed by atoms with Crippen molar-refractivity contribution in [2.75, 3.05) is 20.3 Å². The summed E-state index contributed by atoms with van der Waals surface area (Å²) >= 11 is 0. The minimum absolute atomic E-state index is 0.269. The highest BCUT2D eigenvalue weighted by Gasteiger charge is 2.29. The Bertz CT molecular complexity index is 954. The van der Waals surface area contributed by atoms with Gasteiger partial charge in [-0.15, -0.1) is 0 Å². The SMILES string of the molecule is CN[C@@H]1COC[C@H](C)n2c1nc(C(=O)NCc1ccc(C)c(C)c1)c(O)c2=O. The Morgan fingerprint density at radius 3 is 2.75 bits per heavy atom. The quantitative estimate of drug-likeness (QED) is 0.733. The topological polar surface area (TPSA) is 105 Å². The molecule has 1 amide bonds. The van der Waals surface area contributed by atoms with Crippen LogP contribution in [0.3, 0.4) is 0 Å². The minimum Gasteiger partial charge on any atom is -0.501 e. The predicted molar refractivity (Wildman–Crippen MR) is 105 cm³/mol. The van der Waals surface area contributed by atoms with Crippen molar-refractivity contribution in [2.24, 2.45) is 0 Å². The summed E-state index contributed by atoms with van der Waals surface area (Å²) in [5.74, 6) is -0.861. The van der Waals surface area contributed by atoms with E-state index < -0.39 is 17.2 Å². The molecule has 3 N–H and O–H groups in total. The second kappa shape index (κ2) is 8.12. The lowest BCUT2D eigenvalue weighted by Crippen LogP contribution is -2.35. The Kier molecular flexibility index (Phi) is 5.81. The van der Waals surface area contributed by atoms with Gasteiger partial charge in [0.2, 0.25) is 5.75 Å². The molecule has 2 atom stereocenters. The van der Waals surface area contributed by atoms with Gasteiger partial charge in [0.15, 0.2) is 5.69 Å². The summed E-state index contributed by atoms with van der Waals surface area (Å²) in [5, 5.41) is 16.1. The fraction of sp³-hybridized carbons (Fsp3) is 0.450. The predicted octanol–water partition coefficient (Wildman–Crippen LogP) is 1.35. The highest BCUT2D eigenvalue weighted by atomic mass is 16.5. The molecule has 1 aromatic heterocycles. The van der Waals surface area contributed by atoms with Crippen LogP contribution >= 0.6 is 0 Å². The van der Waals surface area contributed by atoms with Gasteiger partial charge in [-0.25, -0.2) is 4.98 Å². The number of rotatable bonds is 4. The fourth-order valence-corrected chi connectivity index (χ4v) is 3.27. The van der Waals surface area contributed by atoms with Crippen molar-refractivity contribution in [2.45, 2.75) is 39.4 Å². The number of likely N-dealkylation sites (N-methyl/N-ethyl adjacent to an activating group) is 1. The molecule has 0 unspecified atom stereocenters. The van der Waals surface area contributed by atoms with Gasteiger partial charge in [-0.1, -0.05) is 18.2 Å². The first-order valence-corrected chi connectivity index (χ1v) is 9.28. The molecular formula is C20H26N4O4. The summed E-state index contributed by atoms with van der Waals surface area (Å²) in [6, 6.07) is 5.25. The lowest BCUT2D eigenvalue weighted by Gasteiger charge is -2.20. The molecule has 3 rings (SSSR count). The number of hydrogen-bond donors (Lipinski definition) is 3. The third kappa shape index (κ3) is 3.79. The summed E-state index contributed by atoms with van der Waals surface area (Å²) < 4.78 is 6.96. The number of hydrogen-bond acceptors (Lipinski definition) is 6. The normalized spacial score (nSPS) is 19.0. The Hall–Kier alpha value is -2.71. The zero-order valence-electron chi connectivity index (χ0n) is 16.6. The molecule has 2 aromatic rings. The van der Waals surface area contributed by atoms with Gasteiger partial charge >= 0.3 is 0 Å². The smallest absolute Gasteiger partial charge is 0.296 e. The van der Waals surface area contributed by atoms with Gasteiger partial charge in [0, 0.05) is 6.54 Å². The fourth-order valence-electron chi connectivity index (χ4n) is 3.27. The van der Waals surface area contributed by atoms with Gasteiger partial charge in [-0.05, 0) is 44.5 Å². The van der Waals surface area contributed by atoms with Crippen LogP contribution in [0.15, 0.2) is 23.0 Å². The second-order valence-corrected chi connectivity index (χ2v) is 7.17. The monoisotopic (exact) mass is 386 g/mol. The number of aromatic hydroxyl groups is 1. The Labute approximate surface area is 163 Å². The number of ether oxygens (including phenoxy) is 1. The van der Waals surface area contributed by atoms with Gasteiger partial charge in [0.25, 0.3) is 11.5 Å². The first kappa shape index (κ1) is 20.0. The van der Waals surface area contributed by atoms with E-state index in [-0.39, 0.29) is 24.3 Å². The van der Waals surface area contributed by atoms with Crippen LogP contribution in [-0.4, -0.2) is 40.8 Å². The van der Waals surface area contributed by atoms with Crippen molar-refractivity contribution in [1.82, 2.24) is 20.2 Å². The minimum atomic E-state index is -0.648. The summed E-state index contributed by atoms with van der Waals surface area (Å²) in [6.07, 6.45) is 0. The highest BCUT2D eigenvalue weighted by molar-refractivity contribution is 5.94. The molecule has 1 aliphatic heterocycles. The number of amides is 1. The molecule has 0 fully saturated rings. The van der Waals surface area contributed by atoms with E-state index in [1.165, 1.54) is 10.1 Å².